The molecular weight excluding hydrogens is 546 g/mol. The van der Waals surface area contributed by atoms with Gasteiger partial charge in [-0.3, -0.25) is 4.57 Å². The number of nitrogens with zero attached hydrogens (tertiary/aromatic N) is 3. The van der Waals surface area contributed by atoms with Crippen molar-refractivity contribution in [1.29, 1.82) is 0 Å². The van der Waals surface area contributed by atoms with Crippen LogP contribution in [0.15, 0.2) is 164 Å². The van der Waals surface area contributed by atoms with Gasteiger partial charge in [0, 0.05) is 10.8 Å². The van der Waals surface area contributed by atoms with Crippen molar-refractivity contribution in [2.45, 2.75) is 0 Å². The molecule has 0 atom stereocenters. The second-order valence-corrected chi connectivity index (χ2v) is 11.5. The molecule has 0 aliphatic heterocycles. The van der Waals surface area contributed by atoms with E-state index in [1.165, 1.54) is 33.0 Å². The predicted molar refractivity (Wildman–Crippen MR) is 188 cm³/mol. The van der Waals surface area contributed by atoms with Gasteiger partial charge < -0.3 is 0 Å². The third-order valence-electron chi connectivity index (χ3n) is 8.75. The zero-order valence-electron chi connectivity index (χ0n) is 24.4. The Morgan fingerprint density at radius 3 is 1.71 bits per heavy atom. The third-order valence-corrected chi connectivity index (χ3v) is 8.75. The number of hydrogen-bond acceptors (Lipinski definition) is 2. The van der Waals surface area contributed by atoms with Gasteiger partial charge in [-0.1, -0.05) is 121 Å². The first-order valence-electron chi connectivity index (χ1n) is 15.3. The van der Waals surface area contributed by atoms with Gasteiger partial charge in [0.15, 0.2) is 5.65 Å². The molecule has 45 heavy (non-hydrogen) atoms. The Labute approximate surface area is 260 Å². The quantitative estimate of drug-likeness (QED) is 0.210. The molecule has 2 heterocycles. The Morgan fingerprint density at radius 1 is 0.378 bits per heavy atom. The molecule has 3 heteroatoms. The number of rotatable bonds is 4. The van der Waals surface area contributed by atoms with Crippen molar-refractivity contribution in [1.82, 2.24) is 14.5 Å². The van der Waals surface area contributed by atoms with Gasteiger partial charge in [-0.15, -0.1) is 0 Å². The molecule has 3 nitrogen and oxygen atoms in total. The molecule has 9 aromatic rings. The molecule has 0 spiro atoms. The van der Waals surface area contributed by atoms with Crippen LogP contribution in [0.5, 0.6) is 0 Å². The first-order chi connectivity index (χ1) is 22.3. The lowest BCUT2D eigenvalue weighted by Crippen LogP contribution is -1.97. The summed E-state index contributed by atoms with van der Waals surface area (Å²) in [6, 6.07) is 57.9. The lowest BCUT2D eigenvalue weighted by atomic mass is 9.93. The van der Waals surface area contributed by atoms with Crippen LogP contribution in [0.3, 0.4) is 0 Å². The first-order valence-corrected chi connectivity index (χ1v) is 15.3. The van der Waals surface area contributed by atoms with Crippen LogP contribution in [0.1, 0.15) is 0 Å². The molecule has 210 valence electrons. The van der Waals surface area contributed by atoms with Crippen LogP contribution < -0.4 is 0 Å². The number of aromatic nitrogens is 3. The molecule has 0 aliphatic rings. The fourth-order valence-electron chi connectivity index (χ4n) is 6.58. The minimum absolute atomic E-state index is 0.866. The third kappa shape index (κ3) is 4.29. The van der Waals surface area contributed by atoms with Crippen LogP contribution in [0, 0.1) is 0 Å². The molecule has 0 unspecified atom stereocenters. The summed E-state index contributed by atoms with van der Waals surface area (Å²) in [5, 5.41) is 3.48. The highest BCUT2D eigenvalue weighted by atomic mass is 15.1. The van der Waals surface area contributed by atoms with Gasteiger partial charge in [0.05, 0.1) is 22.2 Å². The van der Waals surface area contributed by atoms with Gasteiger partial charge in [-0.25, -0.2) is 9.97 Å². The summed E-state index contributed by atoms with van der Waals surface area (Å²) in [7, 11) is 0. The number of fused-ring (bicyclic) bond motifs is 5. The van der Waals surface area contributed by atoms with E-state index in [1.807, 2.05) is 0 Å². The van der Waals surface area contributed by atoms with Gasteiger partial charge in [0.25, 0.3) is 0 Å². The summed E-state index contributed by atoms with van der Waals surface area (Å²) in [4.78, 5) is 10.6. The zero-order chi connectivity index (χ0) is 29.7. The highest BCUT2D eigenvalue weighted by Crippen LogP contribution is 2.36. The SMILES string of the molecule is c1ccc(-c2cc(-c3ccccc3)cc(-c3ccc4nc5c(nc4c3)c3ccccc3n5-c3cccc4ccccc34)c2)cc1. The average molecular weight is 574 g/mol. The van der Waals surface area contributed by atoms with Crippen LogP contribution in [0.2, 0.25) is 0 Å². The van der Waals surface area contributed by atoms with Gasteiger partial charge in [0.1, 0.15) is 5.52 Å². The maximum Gasteiger partial charge on any atom is 0.165 e. The van der Waals surface area contributed by atoms with Crippen LogP contribution in [-0.4, -0.2) is 14.5 Å². The van der Waals surface area contributed by atoms with Crippen LogP contribution in [0.4, 0.5) is 0 Å². The van der Waals surface area contributed by atoms with Crippen molar-refractivity contribution in [3.05, 3.63) is 164 Å². The van der Waals surface area contributed by atoms with Crippen molar-refractivity contribution >= 4 is 43.9 Å². The minimum atomic E-state index is 0.866. The molecule has 0 radical (unpaired) electrons. The van der Waals surface area contributed by atoms with E-state index in [9.17, 15) is 0 Å². The average Bonchev–Trinajstić information content (AvgIpc) is 3.43. The topological polar surface area (TPSA) is 30.7 Å². The molecule has 0 saturated carbocycles. The summed E-state index contributed by atoms with van der Waals surface area (Å²) in [6.45, 7) is 0. The maximum absolute atomic E-state index is 5.30. The van der Waals surface area contributed by atoms with E-state index < -0.39 is 0 Å². The van der Waals surface area contributed by atoms with Gasteiger partial charge in [-0.05, 0) is 81.2 Å². The van der Waals surface area contributed by atoms with E-state index in [4.69, 9.17) is 9.97 Å². The van der Waals surface area contributed by atoms with Crippen molar-refractivity contribution in [3.63, 3.8) is 0 Å². The normalized spacial score (nSPS) is 11.6. The van der Waals surface area contributed by atoms with Crippen LogP contribution >= 0.6 is 0 Å². The van der Waals surface area contributed by atoms with Gasteiger partial charge in [-0.2, -0.15) is 0 Å². The monoisotopic (exact) mass is 573 g/mol. The molecule has 0 fully saturated rings. The largest absolute Gasteiger partial charge is 0.292 e. The maximum atomic E-state index is 5.30. The summed E-state index contributed by atoms with van der Waals surface area (Å²) >= 11 is 0. The molecule has 7 aromatic carbocycles. The summed E-state index contributed by atoms with van der Waals surface area (Å²) in [5.41, 5.74) is 12.8. The molecule has 0 amide bonds. The van der Waals surface area contributed by atoms with Crippen LogP contribution in [0.25, 0.3) is 82.9 Å². The van der Waals surface area contributed by atoms with E-state index in [0.29, 0.717) is 0 Å². The molecular formula is C42H27N3. The molecule has 0 bridgehead atoms. The lowest BCUT2D eigenvalue weighted by Gasteiger charge is -2.12. The Bertz CT molecular complexity index is 2470. The summed E-state index contributed by atoms with van der Waals surface area (Å²) in [5.74, 6) is 0. The number of para-hydroxylation sites is 1. The fraction of sp³-hybridized carbons (Fsp3) is 0. The van der Waals surface area contributed by atoms with Gasteiger partial charge in [0.2, 0.25) is 0 Å². The van der Waals surface area contributed by atoms with Crippen molar-refractivity contribution in [2.24, 2.45) is 0 Å². The van der Waals surface area contributed by atoms with Gasteiger partial charge >= 0.3 is 0 Å². The van der Waals surface area contributed by atoms with E-state index in [0.717, 1.165) is 49.9 Å². The fourth-order valence-corrected chi connectivity index (χ4v) is 6.58. The first kappa shape index (κ1) is 25.4. The highest BCUT2D eigenvalue weighted by Gasteiger charge is 2.18. The summed E-state index contributed by atoms with van der Waals surface area (Å²) < 4.78 is 2.27. The second-order valence-electron chi connectivity index (χ2n) is 11.5. The second kappa shape index (κ2) is 10.3. The van der Waals surface area contributed by atoms with E-state index in [1.54, 1.807) is 0 Å². The number of benzene rings is 7. The number of hydrogen-bond donors (Lipinski definition) is 0. The molecule has 0 N–H and O–H groups in total. The summed E-state index contributed by atoms with van der Waals surface area (Å²) in [6.07, 6.45) is 0. The molecule has 9 rings (SSSR count). The predicted octanol–water partition coefficient (Wildman–Crippen LogP) is 10.9. The minimum Gasteiger partial charge on any atom is -0.292 e. The highest BCUT2D eigenvalue weighted by molar-refractivity contribution is 6.09. The lowest BCUT2D eigenvalue weighted by molar-refractivity contribution is 1.15. The zero-order valence-corrected chi connectivity index (χ0v) is 24.4. The molecule has 2 aromatic heterocycles. The Morgan fingerprint density at radius 2 is 0.978 bits per heavy atom. The van der Waals surface area contributed by atoms with Crippen LogP contribution in [-0.2, 0) is 0 Å². The van der Waals surface area contributed by atoms with Crippen molar-refractivity contribution in [2.75, 3.05) is 0 Å². The standard InChI is InChI=1S/C42H27N3/c1-3-12-28(13-4-1)32-24-33(29-14-5-2-6-15-29)26-34(25-32)31-22-23-37-38(27-31)43-41-36-19-9-10-20-40(36)45(42(41)44-37)39-21-11-17-30-16-7-8-18-35(30)39/h1-27H. The molecule has 0 aliphatic carbocycles. The Kier molecular flexibility index (Phi) is 5.82. The Hall–Kier alpha value is -6.06. The Balaban J connectivity index is 1.26. The van der Waals surface area contributed by atoms with E-state index in [2.05, 4.69) is 168 Å². The van der Waals surface area contributed by atoms with E-state index >= 15 is 0 Å². The van der Waals surface area contributed by atoms with Crippen molar-refractivity contribution in [3.8, 4) is 39.1 Å². The van der Waals surface area contributed by atoms with Crippen molar-refractivity contribution < 1.29 is 0 Å². The molecule has 0 saturated heterocycles. The van der Waals surface area contributed by atoms with E-state index in [-0.39, 0.29) is 0 Å². The smallest absolute Gasteiger partial charge is 0.165 e.